The van der Waals surface area contributed by atoms with Crippen molar-refractivity contribution in [3.8, 4) is 5.75 Å². The predicted molar refractivity (Wildman–Crippen MR) is 150 cm³/mol. The van der Waals surface area contributed by atoms with Crippen LogP contribution >= 0.6 is 0 Å². The van der Waals surface area contributed by atoms with Gasteiger partial charge in [0.2, 0.25) is 0 Å². The Morgan fingerprint density at radius 1 is 1.03 bits per heavy atom. The van der Waals surface area contributed by atoms with Crippen molar-refractivity contribution in [2.75, 3.05) is 27.1 Å². The molecule has 4 aliphatic rings. The van der Waals surface area contributed by atoms with E-state index in [0.29, 0.717) is 25.2 Å². The Kier molecular flexibility index (Phi) is 8.34. The summed E-state index contributed by atoms with van der Waals surface area (Å²) in [6, 6.07) is 10.6. The van der Waals surface area contributed by atoms with Gasteiger partial charge in [-0.05, 0) is 110 Å². The second kappa shape index (κ2) is 11.9. The first kappa shape index (κ1) is 27.4. The monoisotopic (exact) mass is 530 g/mol. The summed E-state index contributed by atoms with van der Waals surface area (Å²) < 4.78 is 17.0. The molecular weight excluding hydrogens is 492 g/mol. The van der Waals surface area contributed by atoms with Gasteiger partial charge >= 0.3 is 5.97 Å². The normalized spacial score (nSPS) is 25.2. The third-order valence-electron chi connectivity index (χ3n) is 8.76. The van der Waals surface area contributed by atoms with Gasteiger partial charge in [-0.2, -0.15) is 0 Å². The number of benzene rings is 2. The van der Waals surface area contributed by atoms with Crippen molar-refractivity contribution in [1.29, 1.82) is 0 Å². The molecule has 39 heavy (non-hydrogen) atoms. The number of carbonyl (C=O) groups is 2. The molecule has 0 aromatic heterocycles. The van der Waals surface area contributed by atoms with E-state index >= 15 is 0 Å². The summed E-state index contributed by atoms with van der Waals surface area (Å²) in [5.74, 6) is 2.02. The Morgan fingerprint density at radius 2 is 1.69 bits per heavy atom. The summed E-state index contributed by atoms with van der Waals surface area (Å²) in [7, 11) is 1.65. The Morgan fingerprint density at radius 3 is 2.28 bits per heavy atom. The fourth-order valence-corrected chi connectivity index (χ4v) is 7.45. The van der Waals surface area contributed by atoms with Gasteiger partial charge in [0.25, 0.3) is 0 Å². The van der Waals surface area contributed by atoms with E-state index in [9.17, 15) is 9.59 Å². The molecule has 0 aliphatic heterocycles. The molecule has 2 aromatic rings. The highest BCUT2D eigenvalue weighted by molar-refractivity contribution is 6.08. The number of ketones is 1. The number of carbonyl (C=O) groups excluding carboxylic acids is 1. The van der Waals surface area contributed by atoms with Crippen LogP contribution < -0.4 is 4.74 Å². The third-order valence-corrected chi connectivity index (χ3v) is 8.76. The van der Waals surface area contributed by atoms with Gasteiger partial charge in [-0.3, -0.25) is 4.79 Å². The van der Waals surface area contributed by atoms with Crippen LogP contribution in [0.2, 0.25) is 0 Å². The number of aromatic carboxylic acids is 1. The summed E-state index contributed by atoms with van der Waals surface area (Å²) in [5.41, 5.74) is 3.72. The van der Waals surface area contributed by atoms with Crippen LogP contribution in [0.4, 0.5) is 0 Å². The largest absolute Gasteiger partial charge is 0.478 e. The molecule has 6 rings (SSSR count). The third kappa shape index (κ3) is 6.02. The van der Waals surface area contributed by atoms with Gasteiger partial charge < -0.3 is 19.3 Å². The quantitative estimate of drug-likeness (QED) is 0.105. The summed E-state index contributed by atoms with van der Waals surface area (Å²) >= 11 is 0. The van der Waals surface area contributed by atoms with E-state index in [1.807, 2.05) is 12.1 Å². The predicted octanol–water partition coefficient (Wildman–Crippen LogP) is 6.48. The molecule has 6 nitrogen and oxygen atoms in total. The number of ether oxygens (including phenoxy) is 3. The van der Waals surface area contributed by atoms with E-state index in [1.54, 1.807) is 43.5 Å². The number of allylic oxidation sites excluding steroid dienone is 2. The van der Waals surface area contributed by atoms with Crippen molar-refractivity contribution >= 4 is 17.8 Å². The number of hydrogen-bond donors (Lipinski definition) is 1. The molecule has 206 valence electrons. The molecule has 1 N–H and O–H groups in total. The molecule has 4 bridgehead atoms. The van der Waals surface area contributed by atoms with Gasteiger partial charge in [0, 0.05) is 18.2 Å². The zero-order valence-electron chi connectivity index (χ0n) is 22.7. The maximum absolute atomic E-state index is 13.6. The Hall–Kier alpha value is -3.22. The summed E-state index contributed by atoms with van der Waals surface area (Å²) in [6.07, 6.45) is 13.1. The van der Waals surface area contributed by atoms with E-state index in [4.69, 9.17) is 19.3 Å². The average molecular weight is 531 g/mol. The van der Waals surface area contributed by atoms with Crippen LogP contribution in [0.1, 0.15) is 75.9 Å². The molecule has 0 amide bonds. The van der Waals surface area contributed by atoms with Crippen molar-refractivity contribution in [3.63, 3.8) is 0 Å². The molecule has 4 saturated carbocycles. The average Bonchev–Trinajstić information content (AvgIpc) is 2.91. The second-order valence-corrected chi connectivity index (χ2v) is 11.5. The molecular formula is C33H38O6. The molecule has 0 spiro atoms. The van der Waals surface area contributed by atoms with Crippen molar-refractivity contribution in [2.24, 2.45) is 17.8 Å². The highest BCUT2D eigenvalue weighted by Crippen LogP contribution is 2.62. The maximum atomic E-state index is 13.6. The SMILES string of the molecule is C=CCc1cc(OCOCCOC)c(C23CC4CC(CC(C4)C2)C3)cc1C(=O)/C=C/c1ccc(C(=O)O)cc1. The molecule has 0 heterocycles. The van der Waals surface area contributed by atoms with E-state index in [-0.39, 0.29) is 23.6 Å². The van der Waals surface area contributed by atoms with Crippen molar-refractivity contribution in [2.45, 2.75) is 50.4 Å². The van der Waals surface area contributed by atoms with E-state index < -0.39 is 5.97 Å². The van der Waals surface area contributed by atoms with Gasteiger partial charge in [0.1, 0.15) is 5.75 Å². The maximum Gasteiger partial charge on any atom is 0.335 e. The lowest BCUT2D eigenvalue weighted by molar-refractivity contribution is -0.0190. The number of carboxylic acids is 1. The Labute approximate surface area is 230 Å². The van der Waals surface area contributed by atoms with Crippen LogP contribution in [-0.2, 0) is 21.3 Å². The minimum Gasteiger partial charge on any atom is -0.478 e. The molecule has 4 aliphatic carbocycles. The first-order valence-electron chi connectivity index (χ1n) is 13.9. The van der Waals surface area contributed by atoms with Crippen LogP contribution in [0.25, 0.3) is 6.08 Å². The van der Waals surface area contributed by atoms with Crippen LogP contribution in [0, 0.1) is 17.8 Å². The molecule has 0 saturated heterocycles. The van der Waals surface area contributed by atoms with Gasteiger partial charge in [-0.15, -0.1) is 6.58 Å². The smallest absolute Gasteiger partial charge is 0.335 e. The first-order valence-corrected chi connectivity index (χ1v) is 13.9. The number of carboxylic acid groups (broad SMARTS) is 1. The van der Waals surface area contributed by atoms with Crippen molar-refractivity contribution in [1.82, 2.24) is 0 Å². The summed E-state index contributed by atoms with van der Waals surface area (Å²) in [4.78, 5) is 24.8. The molecule has 4 fully saturated rings. The number of rotatable bonds is 13. The lowest BCUT2D eigenvalue weighted by Gasteiger charge is -2.57. The second-order valence-electron chi connectivity index (χ2n) is 11.5. The van der Waals surface area contributed by atoms with Gasteiger partial charge in [-0.25, -0.2) is 4.79 Å². The molecule has 2 aromatic carbocycles. The zero-order valence-corrected chi connectivity index (χ0v) is 22.7. The van der Waals surface area contributed by atoms with E-state index in [0.717, 1.165) is 59.5 Å². The molecule has 0 unspecified atom stereocenters. The molecule has 0 radical (unpaired) electrons. The molecule has 0 atom stereocenters. The summed E-state index contributed by atoms with van der Waals surface area (Å²) in [5, 5.41) is 9.15. The van der Waals surface area contributed by atoms with E-state index in [2.05, 4.69) is 12.6 Å². The van der Waals surface area contributed by atoms with Crippen LogP contribution in [0.15, 0.2) is 55.1 Å². The fourth-order valence-electron chi connectivity index (χ4n) is 7.45. The van der Waals surface area contributed by atoms with Gasteiger partial charge in [0.05, 0.1) is 18.8 Å². The topological polar surface area (TPSA) is 82.1 Å². The lowest BCUT2D eigenvalue weighted by Crippen LogP contribution is -2.48. The van der Waals surface area contributed by atoms with Crippen LogP contribution in [0.5, 0.6) is 5.75 Å². The highest BCUT2D eigenvalue weighted by Gasteiger charge is 2.52. The van der Waals surface area contributed by atoms with Crippen LogP contribution in [-0.4, -0.2) is 44.0 Å². The first-order chi connectivity index (χ1) is 18.9. The lowest BCUT2D eigenvalue weighted by atomic mass is 9.48. The summed E-state index contributed by atoms with van der Waals surface area (Å²) in [6.45, 7) is 5.01. The minimum atomic E-state index is -0.973. The Balaban J connectivity index is 1.48. The van der Waals surface area contributed by atoms with Crippen molar-refractivity contribution in [3.05, 3.63) is 82.9 Å². The minimum absolute atomic E-state index is 0.0364. The molecule has 6 heteroatoms. The zero-order chi connectivity index (χ0) is 27.4. The standard InChI is InChI=1S/C33H38O6/c1-3-4-27-16-31(39-21-38-12-11-37-2)29(33-18-23-13-24(19-33)15-25(14-23)20-33)17-28(27)30(34)10-7-22-5-8-26(9-6-22)32(35)36/h3,5-10,16-17,23-25H,1,4,11-15,18-21H2,2H3,(H,35,36)/b10-7+. The van der Waals surface area contributed by atoms with Crippen molar-refractivity contribution < 1.29 is 28.9 Å². The highest BCUT2D eigenvalue weighted by atomic mass is 16.7. The van der Waals surface area contributed by atoms with Gasteiger partial charge in [-0.1, -0.05) is 24.3 Å². The number of methoxy groups -OCH3 is 1. The van der Waals surface area contributed by atoms with Gasteiger partial charge in [0.15, 0.2) is 12.6 Å². The van der Waals surface area contributed by atoms with E-state index in [1.165, 1.54) is 19.3 Å². The number of hydrogen-bond acceptors (Lipinski definition) is 5. The van der Waals surface area contributed by atoms with Crippen LogP contribution in [0.3, 0.4) is 0 Å². The Bertz CT molecular complexity index is 1210. The fraction of sp³-hybridized carbons (Fsp3) is 0.455.